The monoisotopic (exact) mass is 862 g/mol. The fourth-order valence-electron chi connectivity index (χ4n) is 8.58. The predicted octanol–water partition coefficient (Wildman–Crippen LogP) is 16.5. The molecule has 0 rings (SSSR count). The quantitative estimate of drug-likeness (QED) is 0.0322. The lowest BCUT2D eigenvalue weighted by Gasteiger charge is -2.20. The van der Waals surface area contributed by atoms with Crippen LogP contribution in [0.3, 0.4) is 0 Å². The molecular weight excluding hydrogens is 755 g/mol. The summed E-state index contributed by atoms with van der Waals surface area (Å²) in [5, 5.41) is 23.0. The van der Waals surface area contributed by atoms with E-state index in [0.29, 0.717) is 19.4 Å². The maximum absolute atomic E-state index is 12.4. The molecule has 0 aliphatic rings. The van der Waals surface area contributed by atoms with Crippen molar-refractivity contribution in [3.63, 3.8) is 0 Å². The molecule has 3 N–H and O–H groups in total. The van der Waals surface area contributed by atoms with Gasteiger partial charge < -0.3 is 20.3 Å². The van der Waals surface area contributed by atoms with Crippen molar-refractivity contribution in [1.29, 1.82) is 0 Å². The first-order valence-electron chi connectivity index (χ1n) is 27.5. The van der Waals surface area contributed by atoms with E-state index >= 15 is 0 Å². The van der Waals surface area contributed by atoms with E-state index in [1.165, 1.54) is 218 Å². The van der Waals surface area contributed by atoms with Gasteiger partial charge in [0.1, 0.15) is 0 Å². The first-order valence-corrected chi connectivity index (χ1v) is 27.5. The molecule has 362 valence electrons. The highest BCUT2D eigenvalue weighted by atomic mass is 16.5. The highest BCUT2D eigenvalue weighted by Gasteiger charge is 2.18. The summed E-state index contributed by atoms with van der Waals surface area (Å²) in [5.41, 5.74) is 0. The van der Waals surface area contributed by atoms with Gasteiger partial charge in [0, 0.05) is 12.8 Å². The predicted molar refractivity (Wildman–Crippen MR) is 264 cm³/mol. The van der Waals surface area contributed by atoms with Gasteiger partial charge in [-0.05, 0) is 32.1 Å². The molecule has 2 atom stereocenters. The number of allylic oxidation sites excluding steroid dienone is 1. The van der Waals surface area contributed by atoms with Gasteiger partial charge in [0.15, 0.2) is 0 Å². The number of aliphatic hydroxyl groups is 2. The number of hydrogen-bond donors (Lipinski definition) is 3. The minimum atomic E-state index is -0.853. The Kier molecular flexibility index (Phi) is 50.1. The van der Waals surface area contributed by atoms with Gasteiger partial charge in [0.25, 0.3) is 0 Å². The number of esters is 1. The smallest absolute Gasteiger partial charge is 0.305 e. The Morgan fingerprint density at radius 2 is 0.754 bits per heavy atom. The first kappa shape index (κ1) is 59.6. The highest BCUT2D eigenvalue weighted by molar-refractivity contribution is 5.76. The fourth-order valence-corrected chi connectivity index (χ4v) is 8.58. The third-order valence-corrected chi connectivity index (χ3v) is 12.8. The lowest BCUT2D eigenvalue weighted by atomic mass is 10.0. The van der Waals surface area contributed by atoms with Crippen LogP contribution in [0, 0.1) is 0 Å². The average molecular weight is 862 g/mol. The Morgan fingerprint density at radius 3 is 1.11 bits per heavy atom. The first-order chi connectivity index (χ1) is 30.0. The summed E-state index contributed by atoms with van der Waals surface area (Å²) < 4.78 is 5.48. The largest absolute Gasteiger partial charge is 0.466 e. The van der Waals surface area contributed by atoms with Crippen LogP contribution in [0.2, 0.25) is 0 Å². The molecule has 0 radical (unpaired) electrons. The Bertz CT molecular complexity index is 909. The lowest BCUT2D eigenvalue weighted by molar-refractivity contribution is -0.143. The van der Waals surface area contributed by atoms with E-state index in [1.807, 2.05) is 6.08 Å². The van der Waals surface area contributed by atoms with Crippen molar-refractivity contribution < 1.29 is 24.5 Å². The van der Waals surface area contributed by atoms with Crippen molar-refractivity contribution in [3.05, 3.63) is 12.2 Å². The second-order valence-corrected chi connectivity index (χ2v) is 18.9. The number of amides is 1. The van der Waals surface area contributed by atoms with Gasteiger partial charge in [-0.25, -0.2) is 0 Å². The number of ether oxygens (including phenoxy) is 1. The SMILES string of the molecule is CCCCCCCCCCCCCC/C=C/C(O)C(CO)NC(=O)CCCCCCCCCCCCCCOC(=O)CCCCCCCCCCCCCCCCCCCC. The zero-order valence-electron chi connectivity index (χ0n) is 41.2. The molecule has 0 aromatic carbocycles. The van der Waals surface area contributed by atoms with E-state index in [9.17, 15) is 19.8 Å². The molecule has 0 saturated carbocycles. The molecule has 0 spiro atoms. The van der Waals surface area contributed by atoms with Gasteiger partial charge in [0.2, 0.25) is 5.91 Å². The molecule has 6 nitrogen and oxygen atoms in total. The Hall–Kier alpha value is -1.40. The molecular formula is C55H107NO5. The summed E-state index contributed by atoms with van der Waals surface area (Å²) in [7, 11) is 0. The molecule has 61 heavy (non-hydrogen) atoms. The lowest BCUT2D eigenvalue weighted by Crippen LogP contribution is -2.45. The normalized spacial score (nSPS) is 12.7. The number of unbranched alkanes of at least 4 members (excludes halogenated alkanes) is 40. The summed E-state index contributed by atoms with van der Waals surface area (Å²) >= 11 is 0. The number of hydrogen-bond acceptors (Lipinski definition) is 5. The summed E-state index contributed by atoms with van der Waals surface area (Å²) in [6.07, 6.45) is 59.3. The highest BCUT2D eigenvalue weighted by Crippen LogP contribution is 2.17. The topological polar surface area (TPSA) is 95.9 Å². The minimum Gasteiger partial charge on any atom is -0.466 e. The van der Waals surface area contributed by atoms with Crippen molar-refractivity contribution in [2.24, 2.45) is 0 Å². The molecule has 0 aromatic heterocycles. The van der Waals surface area contributed by atoms with Crippen LogP contribution in [-0.4, -0.2) is 47.4 Å². The van der Waals surface area contributed by atoms with E-state index in [0.717, 1.165) is 57.8 Å². The Balaban J connectivity index is 3.45. The van der Waals surface area contributed by atoms with Crippen molar-refractivity contribution in [1.82, 2.24) is 5.32 Å². The molecule has 2 unspecified atom stereocenters. The number of rotatable bonds is 51. The molecule has 1 amide bonds. The van der Waals surface area contributed by atoms with Gasteiger partial charge >= 0.3 is 5.97 Å². The van der Waals surface area contributed by atoms with Crippen LogP contribution >= 0.6 is 0 Å². The second-order valence-electron chi connectivity index (χ2n) is 18.9. The molecule has 6 heteroatoms. The van der Waals surface area contributed by atoms with Crippen LogP contribution in [0.5, 0.6) is 0 Å². The molecule has 0 saturated heterocycles. The van der Waals surface area contributed by atoms with E-state index in [2.05, 4.69) is 19.2 Å². The average Bonchev–Trinajstić information content (AvgIpc) is 3.26. The number of nitrogens with one attached hydrogen (secondary N) is 1. The molecule has 0 heterocycles. The van der Waals surface area contributed by atoms with Crippen LogP contribution in [0.25, 0.3) is 0 Å². The molecule has 0 aliphatic heterocycles. The summed E-state index contributed by atoms with van der Waals surface area (Å²) in [4.78, 5) is 24.5. The second kappa shape index (κ2) is 51.2. The van der Waals surface area contributed by atoms with Gasteiger partial charge in [-0.1, -0.05) is 270 Å². The van der Waals surface area contributed by atoms with E-state index in [-0.39, 0.29) is 18.5 Å². The van der Waals surface area contributed by atoms with E-state index in [4.69, 9.17) is 4.74 Å². The van der Waals surface area contributed by atoms with Crippen molar-refractivity contribution in [3.8, 4) is 0 Å². The molecule has 0 bridgehead atoms. The minimum absolute atomic E-state index is 0.00617. The fraction of sp³-hybridized carbons (Fsp3) is 0.927. The van der Waals surface area contributed by atoms with Gasteiger partial charge in [-0.3, -0.25) is 9.59 Å². The van der Waals surface area contributed by atoms with Crippen molar-refractivity contribution >= 4 is 11.9 Å². The van der Waals surface area contributed by atoms with Crippen LogP contribution in [0.4, 0.5) is 0 Å². The summed E-state index contributed by atoms with van der Waals surface area (Å²) in [6, 6.07) is -0.638. The molecule has 0 fully saturated rings. The van der Waals surface area contributed by atoms with E-state index in [1.54, 1.807) is 6.08 Å². The third-order valence-electron chi connectivity index (χ3n) is 12.8. The van der Waals surface area contributed by atoms with Crippen LogP contribution < -0.4 is 5.32 Å². The van der Waals surface area contributed by atoms with E-state index < -0.39 is 12.1 Å². The number of carbonyl (C=O) groups is 2. The summed E-state index contributed by atoms with van der Waals surface area (Å²) in [5.74, 6) is -0.0881. The van der Waals surface area contributed by atoms with Crippen LogP contribution in [0.15, 0.2) is 12.2 Å². The zero-order valence-corrected chi connectivity index (χ0v) is 41.2. The zero-order chi connectivity index (χ0) is 44.4. The Morgan fingerprint density at radius 1 is 0.443 bits per heavy atom. The molecule has 0 aromatic rings. The third kappa shape index (κ3) is 47.9. The molecule has 0 aliphatic carbocycles. The number of aliphatic hydroxyl groups excluding tert-OH is 2. The Labute approximate surface area is 380 Å². The van der Waals surface area contributed by atoms with Crippen molar-refractivity contribution in [2.45, 2.75) is 315 Å². The maximum atomic E-state index is 12.4. The maximum Gasteiger partial charge on any atom is 0.305 e. The number of carbonyl (C=O) groups excluding carboxylic acids is 2. The van der Waals surface area contributed by atoms with Gasteiger partial charge in [-0.15, -0.1) is 0 Å². The van der Waals surface area contributed by atoms with Crippen LogP contribution in [0.1, 0.15) is 303 Å². The van der Waals surface area contributed by atoms with Crippen LogP contribution in [-0.2, 0) is 14.3 Å². The van der Waals surface area contributed by atoms with Gasteiger partial charge in [0.05, 0.1) is 25.4 Å². The van der Waals surface area contributed by atoms with Crippen molar-refractivity contribution in [2.75, 3.05) is 13.2 Å². The standard InChI is InChI=1S/C55H107NO5/c1-3-5-7-9-11-13-15-17-19-20-21-22-24-29-33-37-41-45-49-55(60)61-50-46-42-38-34-30-26-25-28-32-36-40-44-48-54(59)56-52(51-57)53(58)47-43-39-35-31-27-23-18-16-14-12-10-8-6-4-2/h43,47,52-53,57-58H,3-42,44-46,48-51H2,1-2H3,(H,56,59)/b47-43+. The van der Waals surface area contributed by atoms with Gasteiger partial charge in [-0.2, -0.15) is 0 Å². The summed E-state index contributed by atoms with van der Waals surface area (Å²) in [6.45, 7) is 4.88.